The predicted molar refractivity (Wildman–Crippen MR) is 143 cm³/mol. The molecule has 2 aromatic heterocycles. The third-order valence-corrected chi connectivity index (χ3v) is 7.07. The van der Waals surface area contributed by atoms with E-state index in [1.54, 1.807) is 42.5 Å². The summed E-state index contributed by atoms with van der Waals surface area (Å²) in [6, 6.07) is 20.8. The van der Waals surface area contributed by atoms with Crippen molar-refractivity contribution < 1.29 is 27.5 Å². The topological polar surface area (TPSA) is 179 Å². The molecule has 0 aliphatic rings. The molecule has 1 amide bonds. The fourth-order valence-corrected chi connectivity index (χ4v) is 5.15. The Labute approximate surface area is 245 Å². The maximum Gasteiger partial charge on any atom is 0.398 e. The minimum atomic E-state index is -4.68. The Kier molecular flexibility index (Phi) is 9.88. The van der Waals surface area contributed by atoms with Crippen LogP contribution in [0.4, 0.5) is 10.6 Å². The van der Waals surface area contributed by atoms with Crippen molar-refractivity contribution in [2.75, 3.05) is 5.73 Å². The Morgan fingerprint density at radius 1 is 1.03 bits per heavy atom. The van der Waals surface area contributed by atoms with Crippen molar-refractivity contribution >= 4 is 57.5 Å². The van der Waals surface area contributed by atoms with Gasteiger partial charge in [0.15, 0.2) is 0 Å². The van der Waals surface area contributed by atoms with E-state index in [-0.39, 0.29) is 58.8 Å². The summed E-state index contributed by atoms with van der Waals surface area (Å²) in [5.41, 5.74) is 13.3. The number of aromatic nitrogens is 2. The van der Waals surface area contributed by atoms with Crippen LogP contribution in [-0.2, 0) is 26.1 Å². The molecule has 2 heterocycles. The van der Waals surface area contributed by atoms with Crippen LogP contribution in [0.1, 0.15) is 27.1 Å². The fraction of sp³-hybridized carbons (Fsp3) is 0.0800. The van der Waals surface area contributed by atoms with E-state index in [4.69, 9.17) is 20.7 Å². The second-order valence-corrected chi connectivity index (χ2v) is 9.62. The Balaban J connectivity index is 0.00000420. The van der Waals surface area contributed by atoms with Gasteiger partial charge in [0.25, 0.3) is 10.0 Å². The first-order chi connectivity index (χ1) is 18.3. The predicted octanol–water partition coefficient (Wildman–Crippen LogP) is 4.43. The summed E-state index contributed by atoms with van der Waals surface area (Å²) in [7, 11) is -4.68. The molecule has 0 spiro atoms. The van der Waals surface area contributed by atoms with Crippen LogP contribution in [-0.4, -0.2) is 59.0 Å². The van der Waals surface area contributed by atoms with E-state index >= 15 is 0 Å². The normalized spacial score (nSPS) is 11.4. The van der Waals surface area contributed by atoms with Gasteiger partial charge in [-0.2, -0.15) is 0 Å². The molecule has 14 heteroatoms. The number of pyridine rings is 1. The molecule has 1 radical (unpaired) electrons. The van der Waals surface area contributed by atoms with Gasteiger partial charge >= 0.3 is 12.1 Å². The van der Waals surface area contributed by atoms with Crippen LogP contribution >= 0.6 is 0 Å². The van der Waals surface area contributed by atoms with Crippen LogP contribution in [0, 0.1) is 0 Å². The van der Waals surface area contributed by atoms with Crippen LogP contribution in [0.3, 0.4) is 0 Å². The largest absolute Gasteiger partial charge is 0.456 e. The van der Waals surface area contributed by atoms with Gasteiger partial charge in [-0.25, -0.2) is 27.0 Å². The Bertz CT molecular complexity index is 1610. The summed E-state index contributed by atoms with van der Waals surface area (Å²) in [6.07, 6.45) is 1.05. The number of azide groups is 1. The molecule has 2 N–H and O–H groups in total. The van der Waals surface area contributed by atoms with Crippen molar-refractivity contribution in [3.05, 3.63) is 119 Å². The molecule has 12 nitrogen and oxygen atoms in total. The number of rotatable bonds is 8. The molecule has 4 rings (SSSR count). The number of hydrogen-bond acceptors (Lipinski definition) is 8. The first kappa shape index (κ1) is 29.4. The number of nitrogen functional groups attached to an aromatic ring is 1. The van der Waals surface area contributed by atoms with E-state index < -0.39 is 27.5 Å². The van der Waals surface area contributed by atoms with E-state index in [0.717, 1.165) is 6.20 Å². The Morgan fingerprint density at radius 2 is 1.69 bits per heavy atom. The molecule has 2 aromatic carbocycles. The summed E-state index contributed by atoms with van der Waals surface area (Å²) >= 11 is 0. The zero-order chi connectivity index (χ0) is 27.1. The van der Waals surface area contributed by atoms with Gasteiger partial charge in [-0.05, 0) is 29.3 Å². The summed E-state index contributed by atoms with van der Waals surface area (Å²) in [4.78, 5) is 31.7. The van der Waals surface area contributed by atoms with Gasteiger partial charge in [-0.3, -0.25) is 0 Å². The number of benzene rings is 2. The molecule has 0 fully saturated rings. The average molecular weight is 556 g/mol. The molecular weight excluding hydrogens is 535 g/mol. The molecule has 0 saturated carbocycles. The maximum atomic E-state index is 13.9. The van der Waals surface area contributed by atoms with Gasteiger partial charge in [0.1, 0.15) is 18.1 Å². The number of carbonyl (C=O) groups is 2. The smallest absolute Gasteiger partial charge is 0.398 e. The molecule has 193 valence electrons. The Morgan fingerprint density at radius 3 is 2.31 bits per heavy atom. The summed E-state index contributed by atoms with van der Waals surface area (Å²) in [5.74, 6) is -0.731. The molecule has 0 saturated heterocycles. The number of nitrogens with zero attached hydrogens (tertiary/aromatic N) is 5. The van der Waals surface area contributed by atoms with Crippen LogP contribution in [0.2, 0.25) is 0 Å². The molecule has 0 aliphatic carbocycles. The van der Waals surface area contributed by atoms with E-state index in [1.807, 2.05) is 0 Å². The average Bonchev–Trinajstić information content (AvgIpc) is 3.38. The van der Waals surface area contributed by atoms with Gasteiger partial charge < -0.3 is 15.2 Å². The zero-order valence-corrected chi connectivity index (χ0v) is 23.4. The standard InChI is InChI=1S/C25H20N6O6S.Na/c26-21-12-11-19(15-28-21)20-13-14-31(22(20)23(32)36-16-17-7-3-1-4-8-17)38(34,35)24(37-25(33)29-30-27)18-9-5-2-6-10-18;/h1-15,24H,16H2,(H2,26,28);. The first-order valence-electron chi connectivity index (χ1n) is 11.0. The van der Waals surface area contributed by atoms with Crippen molar-refractivity contribution in [2.24, 2.45) is 5.11 Å². The Hall–Kier alpha value is -4.13. The van der Waals surface area contributed by atoms with Crippen LogP contribution in [0.25, 0.3) is 21.6 Å². The minimum absolute atomic E-state index is 0. The second-order valence-electron chi connectivity index (χ2n) is 7.77. The van der Waals surface area contributed by atoms with Gasteiger partial charge in [0.2, 0.25) is 5.44 Å². The maximum absolute atomic E-state index is 13.9. The summed E-state index contributed by atoms with van der Waals surface area (Å²) in [5, 5.41) is 2.81. The van der Waals surface area contributed by atoms with Gasteiger partial charge in [0, 0.05) is 68.7 Å². The third-order valence-electron chi connectivity index (χ3n) is 5.31. The van der Waals surface area contributed by atoms with E-state index in [9.17, 15) is 18.0 Å². The van der Waals surface area contributed by atoms with Crippen molar-refractivity contribution in [3.63, 3.8) is 0 Å². The fourth-order valence-electron chi connectivity index (χ4n) is 3.58. The van der Waals surface area contributed by atoms with Crippen LogP contribution in [0.5, 0.6) is 0 Å². The number of amides is 1. The van der Waals surface area contributed by atoms with E-state index in [1.165, 1.54) is 42.6 Å². The number of nitrogens with two attached hydrogens (primary N) is 1. The van der Waals surface area contributed by atoms with Crippen LogP contribution < -0.4 is 5.73 Å². The summed E-state index contributed by atoms with van der Waals surface area (Å²) < 4.78 is 38.9. The van der Waals surface area contributed by atoms with Gasteiger partial charge in [0.05, 0.1) is 0 Å². The molecule has 1 unspecified atom stereocenters. The van der Waals surface area contributed by atoms with Gasteiger partial charge in [-0.1, -0.05) is 60.7 Å². The third kappa shape index (κ3) is 6.85. The molecular formula is C25H20N6NaO6S. The number of carbonyl (C=O) groups excluding carboxylic acids is 2. The van der Waals surface area contributed by atoms with Crippen LogP contribution in [0.15, 0.2) is 96.4 Å². The second kappa shape index (κ2) is 13.1. The molecule has 0 bridgehead atoms. The molecule has 0 aliphatic heterocycles. The number of esters is 1. The van der Waals surface area contributed by atoms with Crippen molar-refractivity contribution in [1.29, 1.82) is 0 Å². The SMILES string of the molecule is [N-]=[N+]=NC(=O)OC(c1ccccc1)S(=O)(=O)n1ccc(-c2ccc(N)nc2)c1C(=O)OCc1ccccc1.[Na]. The van der Waals surface area contributed by atoms with E-state index in [2.05, 4.69) is 15.0 Å². The molecule has 39 heavy (non-hydrogen) atoms. The molecule has 4 aromatic rings. The number of ether oxygens (including phenoxy) is 2. The zero-order valence-electron chi connectivity index (χ0n) is 20.6. The van der Waals surface area contributed by atoms with Crippen molar-refractivity contribution in [1.82, 2.24) is 8.96 Å². The van der Waals surface area contributed by atoms with E-state index in [0.29, 0.717) is 15.1 Å². The first-order valence-corrected chi connectivity index (χ1v) is 12.5. The number of hydrogen-bond donors (Lipinski definition) is 1. The minimum Gasteiger partial charge on any atom is -0.456 e. The quantitative estimate of drug-likeness (QED) is 0.109. The van der Waals surface area contributed by atoms with Crippen molar-refractivity contribution in [2.45, 2.75) is 12.0 Å². The van der Waals surface area contributed by atoms with Crippen molar-refractivity contribution in [3.8, 4) is 11.1 Å². The number of anilines is 1. The monoisotopic (exact) mass is 555 g/mol. The molecule has 1 atom stereocenters. The van der Waals surface area contributed by atoms with Gasteiger partial charge in [-0.15, -0.1) is 0 Å². The summed E-state index contributed by atoms with van der Waals surface area (Å²) in [6.45, 7) is -0.127.